The topological polar surface area (TPSA) is 42.0 Å². The zero-order valence-electron chi connectivity index (χ0n) is 11.0. The molecular formula is C14H11Cl3N2OS. The van der Waals surface area contributed by atoms with Crippen molar-refractivity contribution in [3.8, 4) is 0 Å². The molecule has 2 aromatic rings. The maximum atomic E-state index is 12.3. The summed E-state index contributed by atoms with van der Waals surface area (Å²) in [4.78, 5) is 17.2. The van der Waals surface area contributed by atoms with Gasteiger partial charge in [0.1, 0.15) is 10.8 Å². The number of thioether (sulfide) groups is 1. The van der Waals surface area contributed by atoms with E-state index in [1.165, 1.54) is 12.1 Å². The molecule has 1 aromatic carbocycles. The van der Waals surface area contributed by atoms with E-state index in [1.54, 1.807) is 23.9 Å². The van der Waals surface area contributed by atoms with E-state index in [4.69, 9.17) is 34.8 Å². The Morgan fingerprint density at radius 3 is 2.71 bits per heavy atom. The van der Waals surface area contributed by atoms with Gasteiger partial charge in [0.2, 0.25) is 0 Å². The average molecular weight is 362 g/mol. The van der Waals surface area contributed by atoms with Crippen molar-refractivity contribution in [2.24, 2.45) is 0 Å². The predicted octanol–water partition coefficient (Wildman–Crippen LogP) is 5.41. The van der Waals surface area contributed by atoms with Crippen LogP contribution >= 0.6 is 46.6 Å². The normalized spacial score (nSPS) is 10.5. The Morgan fingerprint density at radius 1 is 1.24 bits per heavy atom. The van der Waals surface area contributed by atoms with Crippen LogP contribution in [0.1, 0.15) is 17.4 Å². The molecule has 1 amide bonds. The third-order valence-electron chi connectivity index (χ3n) is 2.52. The molecule has 110 valence electrons. The quantitative estimate of drug-likeness (QED) is 0.585. The summed E-state index contributed by atoms with van der Waals surface area (Å²) < 4.78 is 0. The Bertz CT molecular complexity index is 679. The molecule has 0 saturated heterocycles. The first-order valence-corrected chi connectivity index (χ1v) is 8.19. The van der Waals surface area contributed by atoms with Gasteiger partial charge in [-0.3, -0.25) is 4.79 Å². The molecule has 0 saturated carbocycles. The maximum absolute atomic E-state index is 12.3. The van der Waals surface area contributed by atoms with Gasteiger partial charge in [-0.05, 0) is 36.1 Å². The molecule has 0 aliphatic heterocycles. The summed E-state index contributed by atoms with van der Waals surface area (Å²) in [5, 5.41) is 3.76. The minimum atomic E-state index is -0.428. The van der Waals surface area contributed by atoms with Gasteiger partial charge in [-0.25, -0.2) is 4.98 Å². The van der Waals surface area contributed by atoms with Crippen LogP contribution < -0.4 is 5.32 Å². The highest BCUT2D eigenvalue weighted by Gasteiger charge is 2.15. The molecular weight excluding hydrogens is 351 g/mol. The molecule has 2 rings (SSSR count). The Morgan fingerprint density at radius 2 is 2.00 bits per heavy atom. The number of pyridine rings is 1. The number of carbonyl (C=O) groups excluding carboxylic acids is 1. The standard InChI is InChI=1S/C14H11Cl3N2OS/c1-2-21-11-5-3-8(15)7-10(11)18-14(20)13-9(16)4-6-12(17)19-13/h3-7H,2H2,1H3,(H,18,20). The third-order valence-corrected chi connectivity index (χ3v) is 4.22. The molecule has 1 heterocycles. The van der Waals surface area contributed by atoms with Crippen molar-refractivity contribution in [2.75, 3.05) is 11.1 Å². The smallest absolute Gasteiger partial charge is 0.275 e. The molecule has 7 heteroatoms. The summed E-state index contributed by atoms with van der Waals surface area (Å²) in [5.74, 6) is 0.448. The second-order valence-electron chi connectivity index (χ2n) is 3.99. The van der Waals surface area contributed by atoms with E-state index in [0.717, 1.165) is 10.6 Å². The van der Waals surface area contributed by atoms with Gasteiger partial charge in [-0.2, -0.15) is 0 Å². The van der Waals surface area contributed by atoms with Crippen molar-refractivity contribution in [2.45, 2.75) is 11.8 Å². The van der Waals surface area contributed by atoms with E-state index >= 15 is 0 Å². The summed E-state index contributed by atoms with van der Waals surface area (Å²) in [6, 6.07) is 8.39. The van der Waals surface area contributed by atoms with Crippen molar-refractivity contribution >= 4 is 58.2 Å². The first-order chi connectivity index (χ1) is 10.0. The fraction of sp³-hybridized carbons (Fsp3) is 0.143. The minimum absolute atomic E-state index is 0.0802. The van der Waals surface area contributed by atoms with E-state index in [-0.39, 0.29) is 15.9 Å². The van der Waals surface area contributed by atoms with Crippen molar-refractivity contribution < 1.29 is 4.79 Å². The second kappa shape index (κ2) is 7.36. The Balaban J connectivity index is 2.31. The first kappa shape index (κ1) is 16.4. The maximum Gasteiger partial charge on any atom is 0.275 e. The van der Waals surface area contributed by atoms with Gasteiger partial charge in [0, 0.05) is 9.92 Å². The molecule has 1 N–H and O–H groups in total. The number of anilines is 1. The van der Waals surface area contributed by atoms with Gasteiger partial charge in [0.25, 0.3) is 5.91 Å². The zero-order valence-corrected chi connectivity index (χ0v) is 14.1. The molecule has 0 fully saturated rings. The van der Waals surface area contributed by atoms with E-state index in [2.05, 4.69) is 10.3 Å². The van der Waals surface area contributed by atoms with Crippen LogP contribution in [0.5, 0.6) is 0 Å². The fourth-order valence-corrected chi connectivity index (χ4v) is 2.89. The SMILES string of the molecule is CCSc1ccc(Cl)cc1NC(=O)c1nc(Cl)ccc1Cl. The molecule has 3 nitrogen and oxygen atoms in total. The fourth-order valence-electron chi connectivity index (χ4n) is 1.64. The second-order valence-corrected chi connectivity index (χ2v) is 6.53. The van der Waals surface area contributed by atoms with Crippen LogP contribution in [-0.4, -0.2) is 16.6 Å². The lowest BCUT2D eigenvalue weighted by molar-refractivity contribution is 0.102. The first-order valence-electron chi connectivity index (χ1n) is 6.07. The van der Waals surface area contributed by atoms with Crippen molar-refractivity contribution in [3.63, 3.8) is 0 Å². The Kier molecular flexibility index (Phi) is 5.76. The number of halogens is 3. The lowest BCUT2D eigenvalue weighted by Crippen LogP contribution is -2.15. The molecule has 0 radical (unpaired) electrons. The highest BCUT2D eigenvalue weighted by molar-refractivity contribution is 7.99. The van der Waals surface area contributed by atoms with Gasteiger partial charge in [0.15, 0.2) is 0 Å². The van der Waals surface area contributed by atoms with E-state index < -0.39 is 5.91 Å². The molecule has 0 aliphatic carbocycles. The number of hydrogen-bond donors (Lipinski definition) is 1. The van der Waals surface area contributed by atoms with Gasteiger partial charge >= 0.3 is 0 Å². The van der Waals surface area contributed by atoms with Gasteiger partial charge in [0.05, 0.1) is 10.7 Å². The number of aromatic nitrogens is 1. The highest BCUT2D eigenvalue weighted by atomic mass is 35.5. The molecule has 0 unspecified atom stereocenters. The number of nitrogens with one attached hydrogen (secondary N) is 1. The minimum Gasteiger partial charge on any atom is -0.320 e. The Hall–Kier alpha value is -0.940. The number of nitrogens with zero attached hydrogens (tertiary/aromatic N) is 1. The number of carbonyl (C=O) groups is 1. The molecule has 1 aromatic heterocycles. The molecule has 0 atom stereocenters. The van der Waals surface area contributed by atoms with Crippen LogP contribution in [0.15, 0.2) is 35.2 Å². The average Bonchev–Trinajstić information content (AvgIpc) is 2.44. The molecule has 0 aliphatic rings. The van der Waals surface area contributed by atoms with Crippen LogP contribution in [0.4, 0.5) is 5.69 Å². The van der Waals surface area contributed by atoms with Crippen LogP contribution in [0.2, 0.25) is 15.2 Å². The van der Waals surface area contributed by atoms with E-state index in [1.807, 2.05) is 13.0 Å². The van der Waals surface area contributed by atoms with Gasteiger partial charge in [-0.1, -0.05) is 41.7 Å². The summed E-state index contributed by atoms with van der Waals surface area (Å²) in [6.45, 7) is 2.03. The summed E-state index contributed by atoms with van der Waals surface area (Å²) in [7, 11) is 0. The third kappa shape index (κ3) is 4.27. The number of hydrogen-bond acceptors (Lipinski definition) is 3. The number of benzene rings is 1. The highest BCUT2D eigenvalue weighted by Crippen LogP contribution is 2.30. The van der Waals surface area contributed by atoms with Crippen LogP contribution in [0, 0.1) is 0 Å². The van der Waals surface area contributed by atoms with Gasteiger partial charge < -0.3 is 5.32 Å². The summed E-state index contributed by atoms with van der Waals surface area (Å²) in [6.07, 6.45) is 0. The Labute approximate surface area is 142 Å². The largest absolute Gasteiger partial charge is 0.320 e. The zero-order chi connectivity index (χ0) is 15.4. The molecule has 21 heavy (non-hydrogen) atoms. The molecule has 0 bridgehead atoms. The van der Waals surface area contributed by atoms with E-state index in [0.29, 0.717) is 10.7 Å². The lowest BCUT2D eigenvalue weighted by Gasteiger charge is -2.11. The molecule has 0 spiro atoms. The summed E-state index contributed by atoms with van der Waals surface area (Å²) >= 11 is 19.4. The van der Waals surface area contributed by atoms with Crippen molar-refractivity contribution in [1.82, 2.24) is 4.98 Å². The van der Waals surface area contributed by atoms with Crippen molar-refractivity contribution in [1.29, 1.82) is 0 Å². The summed E-state index contributed by atoms with van der Waals surface area (Å²) in [5.41, 5.74) is 0.703. The predicted molar refractivity (Wildman–Crippen MR) is 90.1 cm³/mol. The monoisotopic (exact) mass is 360 g/mol. The van der Waals surface area contributed by atoms with Crippen LogP contribution in [-0.2, 0) is 0 Å². The number of rotatable bonds is 4. The van der Waals surface area contributed by atoms with Crippen LogP contribution in [0.25, 0.3) is 0 Å². The van der Waals surface area contributed by atoms with E-state index in [9.17, 15) is 4.79 Å². The lowest BCUT2D eigenvalue weighted by atomic mass is 10.3. The van der Waals surface area contributed by atoms with Crippen LogP contribution in [0.3, 0.4) is 0 Å². The van der Waals surface area contributed by atoms with Gasteiger partial charge in [-0.15, -0.1) is 11.8 Å². The number of amides is 1. The van der Waals surface area contributed by atoms with Crippen molar-refractivity contribution in [3.05, 3.63) is 51.2 Å².